The fraction of sp³-hybridized carbons (Fsp3) is 0.0769. The summed E-state index contributed by atoms with van der Waals surface area (Å²) in [6.45, 7) is 0.0130. The minimum Gasteiger partial charge on any atom is -0.207 e. The van der Waals surface area contributed by atoms with Crippen molar-refractivity contribution >= 4 is 33.2 Å². The Balaban J connectivity index is 2.17. The fourth-order valence-electron chi connectivity index (χ4n) is 1.61. The third kappa shape index (κ3) is 3.93. The molecule has 106 valence electrons. The van der Waals surface area contributed by atoms with Crippen LogP contribution in [0.1, 0.15) is 5.56 Å². The van der Waals surface area contributed by atoms with Crippen molar-refractivity contribution in [3.05, 3.63) is 63.9 Å². The first kappa shape index (κ1) is 15.3. The quantitative estimate of drug-likeness (QED) is 0.928. The molecule has 0 heterocycles. The number of rotatable bonds is 4. The summed E-state index contributed by atoms with van der Waals surface area (Å²) in [7, 11) is -3.78. The van der Waals surface area contributed by atoms with Gasteiger partial charge in [-0.1, -0.05) is 29.3 Å². The molecule has 0 aliphatic heterocycles. The van der Waals surface area contributed by atoms with Crippen molar-refractivity contribution in [3.63, 3.8) is 0 Å². The van der Waals surface area contributed by atoms with Crippen molar-refractivity contribution in [1.82, 2.24) is 4.72 Å². The molecule has 0 saturated carbocycles. The predicted molar refractivity (Wildman–Crippen MR) is 76.9 cm³/mol. The predicted octanol–water partition coefficient (Wildman–Crippen LogP) is 3.61. The molecule has 0 aliphatic rings. The number of benzene rings is 2. The van der Waals surface area contributed by atoms with Crippen LogP contribution in [-0.4, -0.2) is 8.42 Å². The second-order valence-electron chi connectivity index (χ2n) is 4.06. The summed E-state index contributed by atoms with van der Waals surface area (Å²) >= 11 is 11.7. The lowest BCUT2D eigenvalue weighted by Gasteiger charge is -2.07. The van der Waals surface area contributed by atoms with E-state index < -0.39 is 15.8 Å². The van der Waals surface area contributed by atoms with E-state index in [0.29, 0.717) is 15.6 Å². The molecular formula is C13H10Cl2FNO2S. The lowest BCUT2D eigenvalue weighted by molar-refractivity contribution is 0.577. The van der Waals surface area contributed by atoms with Crippen LogP contribution < -0.4 is 4.72 Å². The van der Waals surface area contributed by atoms with Crippen LogP contribution in [0.5, 0.6) is 0 Å². The monoisotopic (exact) mass is 333 g/mol. The fourth-order valence-corrected chi connectivity index (χ4v) is 3.23. The third-order valence-corrected chi connectivity index (χ3v) is 4.33. The Labute approximate surface area is 126 Å². The molecule has 20 heavy (non-hydrogen) atoms. The summed E-state index contributed by atoms with van der Waals surface area (Å²) < 4.78 is 39.4. The van der Waals surface area contributed by atoms with Crippen LogP contribution in [0, 0.1) is 5.82 Å². The Morgan fingerprint density at radius 2 is 1.70 bits per heavy atom. The average molecular weight is 334 g/mol. The molecule has 1 N–H and O–H groups in total. The molecule has 2 aromatic rings. The van der Waals surface area contributed by atoms with Crippen LogP contribution in [0.3, 0.4) is 0 Å². The van der Waals surface area contributed by atoms with Crippen molar-refractivity contribution in [1.29, 1.82) is 0 Å². The zero-order valence-corrected chi connectivity index (χ0v) is 12.4. The van der Waals surface area contributed by atoms with E-state index in [2.05, 4.69) is 4.72 Å². The molecule has 0 radical (unpaired) electrons. The molecular weight excluding hydrogens is 324 g/mol. The smallest absolute Gasteiger partial charge is 0.207 e. The Kier molecular flexibility index (Phi) is 4.65. The molecule has 0 amide bonds. The molecule has 0 atom stereocenters. The Bertz CT molecular complexity index is 715. The number of hydrogen-bond acceptors (Lipinski definition) is 2. The van der Waals surface area contributed by atoms with E-state index in [1.807, 2.05) is 0 Å². The van der Waals surface area contributed by atoms with Gasteiger partial charge in [-0.2, -0.15) is 0 Å². The van der Waals surface area contributed by atoms with Gasteiger partial charge in [0.2, 0.25) is 10.0 Å². The van der Waals surface area contributed by atoms with Gasteiger partial charge in [-0.25, -0.2) is 17.5 Å². The minimum atomic E-state index is -3.78. The number of sulfonamides is 1. The molecule has 3 nitrogen and oxygen atoms in total. The highest BCUT2D eigenvalue weighted by Crippen LogP contribution is 2.19. The molecule has 7 heteroatoms. The second-order valence-corrected chi connectivity index (χ2v) is 6.70. The zero-order valence-electron chi connectivity index (χ0n) is 10.1. The molecule has 0 aromatic heterocycles. The van der Waals surface area contributed by atoms with E-state index in [-0.39, 0.29) is 11.4 Å². The van der Waals surface area contributed by atoms with Gasteiger partial charge < -0.3 is 0 Å². The Morgan fingerprint density at radius 1 is 1.05 bits per heavy atom. The summed E-state index contributed by atoms with van der Waals surface area (Å²) in [6.07, 6.45) is 0. The molecule has 0 unspecified atom stereocenters. The molecule has 0 bridgehead atoms. The highest BCUT2D eigenvalue weighted by atomic mass is 35.5. The van der Waals surface area contributed by atoms with E-state index in [1.165, 1.54) is 18.2 Å². The van der Waals surface area contributed by atoms with Gasteiger partial charge >= 0.3 is 0 Å². The summed E-state index contributed by atoms with van der Waals surface area (Å²) in [6, 6.07) is 9.52. The first-order valence-corrected chi connectivity index (χ1v) is 7.81. The van der Waals surface area contributed by atoms with Crippen LogP contribution in [0.4, 0.5) is 4.39 Å². The molecule has 0 fully saturated rings. The normalized spacial score (nSPS) is 11.6. The van der Waals surface area contributed by atoms with Gasteiger partial charge in [0, 0.05) is 16.6 Å². The van der Waals surface area contributed by atoms with Crippen molar-refractivity contribution in [3.8, 4) is 0 Å². The molecule has 0 aliphatic carbocycles. The van der Waals surface area contributed by atoms with Crippen molar-refractivity contribution in [2.24, 2.45) is 0 Å². The maximum absolute atomic E-state index is 13.0. The number of hydrogen-bond donors (Lipinski definition) is 1. The summed E-state index contributed by atoms with van der Waals surface area (Å²) in [4.78, 5) is -0.134. The molecule has 2 rings (SSSR count). The van der Waals surface area contributed by atoms with Crippen LogP contribution in [0.15, 0.2) is 47.4 Å². The SMILES string of the molecule is O=S(=O)(NCc1cc(Cl)cc(Cl)c1)c1cccc(F)c1. The number of halogens is 3. The van der Waals surface area contributed by atoms with Crippen LogP contribution in [-0.2, 0) is 16.6 Å². The standard InChI is InChI=1S/C13H10Cl2FNO2S/c14-10-4-9(5-11(15)6-10)8-17-20(18,19)13-3-1-2-12(16)7-13/h1-7,17H,8H2. The maximum atomic E-state index is 13.0. The lowest BCUT2D eigenvalue weighted by Crippen LogP contribution is -2.23. The van der Waals surface area contributed by atoms with E-state index in [4.69, 9.17) is 23.2 Å². The largest absolute Gasteiger partial charge is 0.240 e. The summed E-state index contributed by atoms with van der Waals surface area (Å²) in [5, 5.41) is 0.829. The van der Waals surface area contributed by atoms with Gasteiger partial charge in [0.15, 0.2) is 0 Å². The van der Waals surface area contributed by atoms with E-state index >= 15 is 0 Å². The zero-order chi connectivity index (χ0) is 14.8. The van der Waals surface area contributed by atoms with Crippen LogP contribution in [0.2, 0.25) is 10.0 Å². The molecule has 0 spiro atoms. The second kappa shape index (κ2) is 6.10. The van der Waals surface area contributed by atoms with Gasteiger partial charge in [-0.15, -0.1) is 0 Å². The topological polar surface area (TPSA) is 46.2 Å². The maximum Gasteiger partial charge on any atom is 0.240 e. The Hall–Kier alpha value is -1.14. The van der Waals surface area contributed by atoms with E-state index in [0.717, 1.165) is 6.07 Å². The van der Waals surface area contributed by atoms with Gasteiger partial charge in [-0.05, 0) is 42.0 Å². The Morgan fingerprint density at radius 3 is 2.30 bits per heavy atom. The van der Waals surface area contributed by atoms with Gasteiger partial charge in [-0.3, -0.25) is 0 Å². The first-order chi connectivity index (χ1) is 9.37. The van der Waals surface area contributed by atoms with Crippen LogP contribution in [0.25, 0.3) is 0 Å². The molecule has 2 aromatic carbocycles. The third-order valence-electron chi connectivity index (χ3n) is 2.50. The van der Waals surface area contributed by atoms with Crippen molar-refractivity contribution in [2.45, 2.75) is 11.4 Å². The average Bonchev–Trinajstić information content (AvgIpc) is 2.35. The first-order valence-electron chi connectivity index (χ1n) is 5.57. The highest BCUT2D eigenvalue weighted by Gasteiger charge is 2.14. The van der Waals surface area contributed by atoms with Crippen molar-refractivity contribution < 1.29 is 12.8 Å². The van der Waals surface area contributed by atoms with Gasteiger partial charge in [0.05, 0.1) is 4.90 Å². The molecule has 0 saturated heterocycles. The summed E-state index contributed by atoms with van der Waals surface area (Å²) in [5.41, 5.74) is 0.613. The number of nitrogens with one attached hydrogen (secondary N) is 1. The minimum absolute atomic E-state index is 0.0130. The van der Waals surface area contributed by atoms with E-state index in [1.54, 1.807) is 18.2 Å². The van der Waals surface area contributed by atoms with Crippen molar-refractivity contribution in [2.75, 3.05) is 0 Å². The van der Waals surface area contributed by atoms with Gasteiger partial charge in [0.25, 0.3) is 0 Å². The lowest BCUT2D eigenvalue weighted by atomic mass is 10.2. The van der Waals surface area contributed by atoms with Crippen LogP contribution >= 0.6 is 23.2 Å². The highest BCUT2D eigenvalue weighted by molar-refractivity contribution is 7.89. The van der Waals surface area contributed by atoms with E-state index in [9.17, 15) is 12.8 Å². The van der Waals surface area contributed by atoms with Gasteiger partial charge in [0.1, 0.15) is 5.82 Å². The summed E-state index contributed by atoms with van der Waals surface area (Å²) in [5.74, 6) is -0.612.